The number of fused-ring (bicyclic) bond motifs is 1. The van der Waals surface area contributed by atoms with E-state index < -0.39 is 0 Å². The molecule has 1 aromatic carbocycles. The van der Waals surface area contributed by atoms with Crippen molar-refractivity contribution in [1.29, 1.82) is 0 Å². The van der Waals surface area contributed by atoms with Gasteiger partial charge in [-0.25, -0.2) is 4.98 Å². The number of pyridine rings is 1. The second-order valence-corrected chi connectivity index (χ2v) is 4.05. The first-order valence-electron chi connectivity index (χ1n) is 5.19. The van der Waals surface area contributed by atoms with Crippen molar-refractivity contribution in [3.05, 3.63) is 53.7 Å². The summed E-state index contributed by atoms with van der Waals surface area (Å²) in [7, 11) is 0. The second kappa shape index (κ2) is 3.79. The van der Waals surface area contributed by atoms with Crippen molar-refractivity contribution in [1.82, 2.24) is 9.38 Å². The maximum Gasteiger partial charge on any atom is 0.197 e. The zero-order valence-corrected chi connectivity index (χ0v) is 9.59. The molecule has 0 aliphatic rings. The Hall–Kier alpha value is -2.00. The topological polar surface area (TPSA) is 37.5 Å². The van der Waals surface area contributed by atoms with Crippen LogP contribution < -0.4 is 0 Å². The molecule has 84 valence electrons. The zero-order chi connectivity index (χ0) is 11.8. The molecule has 0 fully saturated rings. The number of nitrogens with zero attached hydrogens (tertiary/aromatic N) is 2. The number of rotatable bonds is 1. The average Bonchev–Trinajstić information content (AvgIpc) is 2.70. The van der Waals surface area contributed by atoms with Crippen LogP contribution in [0.3, 0.4) is 0 Å². The van der Waals surface area contributed by atoms with Crippen molar-refractivity contribution in [3.8, 4) is 17.3 Å². The SMILES string of the molecule is Oc1cccc2c(Cl)nc(-c3ccccc3)n12. The molecule has 4 heteroatoms. The lowest BCUT2D eigenvalue weighted by Crippen LogP contribution is -1.89. The van der Waals surface area contributed by atoms with Gasteiger partial charge in [0.15, 0.2) is 11.0 Å². The third-order valence-corrected chi connectivity index (χ3v) is 2.91. The Morgan fingerprint density at radius 1 is 1.00 bits per heavy atom. The molecule has 1 N–H and O–H groups in total. The summed E-state index contributed by atoms with van der Waals surface area (Å²) >= 11 is 6.06. The highest BCUT2D eigenvalue weighted by atomic mass is 35.5. The molecule has 0 bridgehead atoms. The Morgan fingerprint density at radius 2 is 1.76 bits per heavy atom. The van der Waals surface area contributed by atoms with E-state index in [1.54, 1.807) is 16.5 Å². The van der Waals surface area contributed by atoms with Crippen molar-refractivity contribution in [2.24, 2.45) is 0 Å². The molecule has 17 heavy (non-hydrogen) atoms. The van der Waals surface area contributed by atoms with Crippen LogP contribution in [0.2, 0.25) is 5.15 Å². The molecule has 3 aromatic rings. The van der Waals surface area contributed by atoms with E-state index in [1.165, 1.54) is 0 Å². The standard InChI is InChI=1S/C13H9ClN2O/c14-12-10-7-4-8-11(17)16(10)13(15-12)9-5-2-1-3-6-9/h1-8,17H. The molecule has 0 saturated heterocycles. The van der Waals surface area contributed by atoms with Crippen LogP contribution in [0.15, 0.2) is 48.5 Å². The summed E-state index contributed by atoms with van der Waals surface area (Å²) in [5.74, 6) is 0.768. The first-order chi connectivity index (χ1) is 8.27. The van der Waals surface area contributed by atoms with Gasteiger partial charge in [0, 0.05) is 5.56 Å². The summed E-state index contributed by atoms with van der Waals surface area (Å²) in [5.41, 5.74) is 1.61. The van der Waals surface area contributed by atoms with Gasteiger partial charge >= 0.3 is 0 Å². The number of hydrogen-bond acceptors (Lipinski definition) is 2. The van der Waals surface area contributed by atoms with Gasteiger partial charge in [0.05, 0.1) is 5.52 Å². The van der Waals surface area contributed by atoms with Crippen LogP contribution in [0, 0.1) is 0 Å². The smallest absolute Gasteiger partial charge is 0.197 e. The summed E-state index contributed by atoms with van der Waals surface area (Å²) in [6, 6.07) is 14.8. The number of imidazole rings is 1. The Labute approximate surface area is 103 Å². The largest absolute Gasteiger partial charge is 0.494 e. The molecule has 0 amide bonds. The van der Waals surface area contributed by atoms with Crippen LogP contribution >= 0.6 is 11.6 Å². The number of benzene rings is 1. The monoisotopic (exact) mass is 244 g/mol. The second-order valence-electron chi connectivity index (χ2n) is 3.70. The van der Waals surface area contributed by atoms with Crippen LogP contribution in [0.1, 0.15) is 0 Å². The lowest BCUT2D eigenvalue weighted by atomic mass is 10.2. The first-order valence-corrected chi connectivity index (χ1v) is 5.56. The van der Waals surface area contributed by atoms with Gasteiger partial charge in [0.1, 0.15) is 5.82 Å². The predicted molar refractivity (Wildman–Crippen MR) is 67.3 cm³/mol. The summed E-state index contributed by atoms with van der Waals surface area (Å²) in [5, 5.41) is 10.3. The number of aromatic nitrogens is 2. The summed E-state index contributed by atoms with van der Waals surface area (Å²) < 4.78 is 1.64. The fourth-order valence-electron chi connectivity index (χ4n) is 1.86. The van der Waals surface area contributed by atoms with Crippen LogP contribution in [0.5, 0.6) is 5.88 Å². The van der Waals surface area contributed by atoms with Crippen LogP contribution in [0.25, 0.3) is 16.9 Å². The van der Waals surface area contributed by atoms with Gasteiger partial charge in [-0.05, 0) is 12.1 Å². The minimum atomic E-state index is 0.126. The zero-order valence-electron chi connectivity index (χ0n) is 8.84. The molecular weight excluding hydrogens is 236 g/mol. The fourth-order valence-corrected chi connectivity index (χ4v) is 2.09. The number of hydrogen-bond donors (Lipinski definition) is 1. The van der Waals surface area contributed by atoms with E-state index in [0.717, 1.165) is 5.56 Å². The molecule has 0 spiro atoms. The molecule has 2 heterocycles. The average molecular weight is 245 g/mol. The van der Waals surface area contributed by atoms with Gasteiger partial charge in [-0.3, -0.25) is 4.40 Å². The Morgan fingerprint density at radius 3 is 2.53 bits per heavy atom. The fraction of sp³-hybridized carbons (Fsp3) is 0. The molecule has 0 atom stereocenters. The third-order valence-electron chi connectivity index (χ3n) is 2.63. The highest BCUT2D eigenvalue weighted by molar-refractivity contribution is 6.32. The minimum absolute atomic E-state index is 0.126. The van der Waals surface area contributed by atoms with Crippen LogP contribution in [0.4, 0.5) is 0 Å². The summed E-state index contributed by atoms with van der Waals surface area (Å²) in [6.45, 7) is 0. The lowest BCUT2D eigenvalue weighted by Gasteiger charge is -2.03. The summed E-state index contributed by atoms with van der Waals surface area (Å²) in [4.78, 5) is 4.29. The lowest BCUT2D eigenvalue weighted by molar-refractivity contribution is 0.447. The molecule has 0 radical (unpaired) electrons. The number of aromatic hydroxyl groups is 1. The van der Waals surface area contributed by atoms with Crippen molar-refractivity contribution >= 4 is 17.1 Å². The molecule has 0 unspecified atom stereocenters. The van der Waals surface area contributed by atoms with E-state index in [1.807, 2.05) is 36.4 Å². The van der Waals surface area contributed by atoms with E-state index >= 15 is 0 Å². The maximum atomic E-state index is 9.89. The molecule has 0 aliphatic carbocycles. The van der Waals surface area contributed by atoms with E-state index in [2.05, 4.69) is 4.98 Å². The van der Waals surface area contributed by atoms with Crippen molar-refractivity contribution in [2.75, 3.05) is 0 Å². The highest BCUT2D eigenvalue weighted by Crippen LogP contribution is 2.29. The van der Waals surface area contributed by atoms with Gasteiger partial charge in [-0.2, -0.15) is 0 Å². The van der Waals surface area contributed by atoms with E-state index in [4.69, 9.17) is 11.6 Å². The van der Waals surface area contributed by atoms with Crippen molar-refractivity contribution in [3.63, 3.8) is 0 Å². The minimum Gasteiger partial charge on any atom is -0.494 e. The molecule has 3 rings (SSSR count). The molecule has 0 saturated carbocycles. The molecule has 0 aliphatic heterocycles. The number of halogens is 1. The maximum absolute atomic E-state index is 9.89. The van der Waals surface area contributed by atoms with Gasteiger partial charge in [0.2, 0.25) is 0 Å². The van der Waals surface area contributed by atoms with Gasteiger partial charge in [0.25, 0.3) is 0 Å². The van der Waals surface area contributed by atoms with Gasteiger partial charge in [-0.15, -0.1) is 0 Å². The Kier molecular flexibility index (Phi) is 2.27. The van der Waals surface area contributed by atoms with Crippen molar-refractivity contribution in [2.45, 2.75) is 0 Å². The Bertz CT molecular complexity index is 676. The van der Waals surface area contributed by atoms with E-state index in [-0.39, 0.29) is 5.88 Å². The molecular formula is C13H9ClN2O. The van der Waals surface area contributed by atoms with Crippen molar-refractivity contribution < 1.29 is 5.11 Å². The van der Waals surface area contributed by atoms with Crippen LogP contribution in [-0.2, 0) is 0 Å². The third kappa shape index (κ3) is 1.56. The summed E-state index contributed by atoms with van der Waals surface area (Å²) in [6.07, 6.45) is 0. The highest BCUT2D eigenvalue weighted by Gasteiger charge is 2.13. The van der Waals surface area contributed by atoms with E-state index in [0.29, 0.717) is 16.5 Å². The Balaban J connectivity index is 2.38. The van der Waals surface area contributed by atoms with Crippen LogP contribution in [-0.4, -0.2) is 14.5 Å². The van der Waals surface area contributed by atoms with E-state index in [9.17, 15) is 5.11 Å². The normalized spacial score (nSPS) is 10.9. The predicted octanol–water partition coefficient (Wildman–Crippen LogP) is 3.36. The quantitative estimate of drug-likeness (QED) is 0.713. The van der Waals surface area contributed by atoms with Gasteiger partial charge < -0.3 is 5.11 Å². The van der Waals surface area contributed by atoms with Gasteiger partial charge in [-0.1, -0.05) is 48.0 Å². The molecule has 3 nitrogen and oxygen atoms in total. The first kappa shape index (κ1) is 10.2. The molecule has 2 aromatic heterocycles.